The molecule has 1 atom stereocenters. The van der Waals surface area contributed by atoms with Gasteiger partial charge in [-0.1, -0.05) is 33.1 Å². The summed E-state index contributed by atoms with van der Waals surface area (Å²) in [7, 11) is 0. The van der Waals surface area contributed by atoms with Crippen molar-refractivity contribution < 1.29 is 4.79 Å². The Morgan fingerprint density at radius 1 is 1.27 bits per heavy atom. The summed E-state index contributed by atoms with van der Waals surface area (Å²) >= 11 is 0. The molecule has 64 valence electrons. The Bertz CT molecular complexity index is 128. The van der Waals surface area contributed by atoms with Gasteiger partial charge in [0, 0.05) is 0 Å². The van der Waals surface area contributed by atoms with Crippen LogP contribution in [0.2, 0.25) is 0 Å². The molecule has 0 rings (SSSR count). The third-order valence-corrected chi connectivity index (χ3v) is 1.75. The standard InChI is InChI=1S/C9H17NO/c1-3-5-7-9(6-4-2)10-8-11/h9H,3-7H2,1-2H3. The van der Waals surface area contributed by atoms with Gasteiger partial charge in [0.05, 0.1) is 6.04 Å². The molecule has 0 saturated carbocycles. The maximum Gasteiger partial charge on any atom is 0.235 e. The van der Waals surface area contributed by atoms with Crippen molar-refractivity contribution in [3.8, 4) is 0 Å². The summed E-state index contributed by atoms with van der Waals surface area (Å²) in [6.07, 6.45) is 7.14. The van der Waals surface area contributed by atoms with Crippen molar-refractivity contribution >= 4 is 6.08 Å². The molecule has 0 saturated heterocycles. The Balaban J connectivity index is 3.59. The number of rotatable bonds is 6. The first-order valence-electron chi connectivity index (χ1n) is 4.42. The maximum absolute atomic E-state index is 9.96. The SMILES string of the molecule is CCCCC(CCC)N=C=O. The van der Waals surface area contributed by atoms with Crippen molar-refractivity contribution in [3.05, 3.63) is 0 Å². The van der Waals surface area contributed by atoms with Crippen LogP contribution >= 0.6 is 0 Å². The normalized spacial score (nSPS) is 12.2. The highest BCUT2D eigenvalue weighted by atomic mass is 16.1. The minimum Gasteiger partial charge on any atom is -0.211 e. The zero-order valence-electron chi connectivity index (χ0n) is 7.47. The average molecular weight is 155 g/mol. The van der Waals surface area contributed by atoms with Crippen molar-refractivity contribution in [2.45, 2.75) is 52.0 Å². The number of hydrogen-bond donors (Lipinski definition) is 0. The lowest BCUT2D eigenvalue weighted by Crippen LogP contribution is -2.02. The molecule has 0 bridgehead atoms. The molecule has 0 aromatic rings. The van der Waals surface area contributed by atoms with Crippen LogP contribution in [0.25, 0.3) is 0 Å². The minimum atomic E-state index is 0.234. The average Bonchev–Trinajstić information content (AvgIpc) is 2.01. The van der Waals surface area contributed by atoms with E-state index in [1.165, 1.54) is 6.42 Å². The van der Waals surface area contributed by atoms with Crippen LogP contribution in [0.5, 0.6) is 0 Å². The number of isocyanates is 1. The summed E-state index contributed by atoms with van der Waals surface area (Å²) in [5, 5.41) is 0. The van der Waals surface area contributed by atoms with Crippen molar-refractivity contribution in [3.63, 3.8) is 0 Å². The van der Waals surface area contributed by atoms with Gasteiger partial charge in [0.25, 0.3) is 0 Å². The van der Waals surface area contributed by atoms with E-state index in [1.54, 1.807) is 6.08 Å². The molecule has 2 nitrogen and oxygen atoms in total. The lowest BCUT2D eigenvalue weighted by molar-refractivity contribution is 0.519. The maximum atomic E-state index is 9.96. The predicted octanol–water partition coefficient (Wildman–Crippen LogP) is 2.68. The van der Waals surface area contributed by atoms with Gasteiger partial charge >= 0.3 is 0 Å². The van der Waals surface area contributed by atoms with Gasteiger partial charge in [0.2, 0.25) is 6.08 Å². The highest BCUT2D eigenvalue weighted by molar-refractivity contribution is 5.33. The second-order valence-corrected chi connectivity index (χ2v) is 2.81. The van der Waals surface area contributed by atoms with Crippen LogP contribution < -0.4 is 0 Å². The fraction of sp³-hybridized carbons (Fsp3) is 0.889. The van der Waals surface area contributed by atoms with Gasteiger partial charge in [-0.05, 0) is 12.8 Å². The van der Waals surface area contributed by atoms with Crippen molar-refractivity contribution in [2.24, 2.45) is 4.99 Å². The Labute approximate surface area is 68.7 Å². The fourth-order valence-corrected chi connectivity index (χ4v) is 1.12. The summed E-state index contributed by atoms with van der Waals surface area (Å²) < 4.78 is 0. The van der Waals surface area contributed by atoms with Gasteiger partial charge in [0.15, 0.2) is 0 Å². The third-order valence-electron chi connectivity index (χ3n) is 1.75. The molecule has 2 heteroatoms. The van der Waals surface area contributed by atoms with E-state index in [9.17, 15) is 4.79 Å². The van der Waals surface area contributed by atoms with Crippen LogP contribution in [-0.4, -0.2) is 12.1 Å². The lowest BCUT2D eigenvalue weighted by atomic mass is 10.1. The van der Waals surface area contributed by atoms with Crippen molar-refractivity contribution in [1.82, 2.24) is 0 Å². The van der Waals surface area contributed by atoms with E-state index < -0.39 is 0 Å². The molecule has 0 radical (unpaired) electrons. The van der Waals surface area contributed by atoms with E-state index in [2.05, 4.69) is 18.8 Å². The molecule has 0 fully saturated rings. The first-order valence-corrected chi connectivity index (χ1v) is 4.42. The molecule has 0 heterocycles. The van der Waals surface area contributed by atoms with Crippen molar-refractivity contribution in [1.29, 1.82) is 0 Å². The summed E-state index contributed by atoms with van der Waals surface area (Å²) in [6.45, 7) is 4.26. The molecule has 0 aromatic carbocycles. The van der Waals surface area contributed by atoms with Gasteiger partial charge in [-0.3, -0.25) is 0 Å². The largest absolute Gasteiger partial charge is 0.235 e. The first-order chi connectivity index (χ1) is 5.35. The smallest absolute Gasteiger partial charge is 0.211 e. The van der Waals surface area contributed by atoms with E-state index in [-0.39, 0.29) is 6.04 Å². The van der Waals surface area contributed by atoms with Gasteiger partial charge in [0.1, 0.15) is 0 Å². The van der Waals surface area contributed by atoms with E-state index in [1.807, 2.05) is 0 Å². The van der Waals surface area contributed by atoms with Gasteiger partial charge in [-0.2, -0.15) is 0 Å². The zero-order valence-corrected chi connectivity index (χ0v) is 7.47. The highest BCUT2D eigenvalue weighted by Gasteiger charge is 2.03. The van der Waals surface area contributed by atoms with E-state index in [0.717, 1.165) is 25.7 Å². The number of unbranched alkanes of at least 4 members (excludes halogenated alkanes) is 1. The quantitative estimate of drug-likeness (QED) is 0.428. The van der Waals surface area contributed by atoms with Crippen LogP contribution in [0.4, 0.5) is 0 Å². The summed E-state index contributed by atoms with van der Waals surface area (Å²) in [4.78, 5) is 13.7. The zero-order chi connectivity index (χ0) is 8.53. The predicted molar refractivity (Wildman–Crippen MR) is 46.3 cm³/mol. The topological polar surface area (TPSA) is 29.4 Å². The third kappa shape index (κ3) is 5.81. The summed E-state index contributed by atoms with van der Waals surface area (Å²) in [5.41, 5.74) is 0. The van der Waals surface area contributed by atoms with Gasteiger partial charge in [-0.25, -0.2) is 9.79 Å². The molecular weight excluding hydrogens is 138 g/mol. The number of aliphatic imine (C=N–C) groups is 1. The van der Waals surface area contributed by atoms with E-state index in [4.69, 9.17) is 0 Å². The number of nitrogens with zero attached hydrogens (tertiary/aromatic N) is 1. The Kier molecular flexibility index (Phi) is 7.06. The molecule has 0 aromatic heterocycles. The molecule has 0 aliphatic carbocycles. The number of hydrogen-bond acceptors (Lipinski definition) is 2. The van der Waals surface area contributed by atoms with Crippen LogP contribution in [0.15, 0.2) is 4.99 Å². The molecule has 0 amide bonds. The fourth-order valence-electron chi connectivity index (χ4n) is 1.12. The van der Waals surface area contributed by atoms with Crippen LogP contribution in [0, 0.1) is 0 Å². The van der Waals surface area contributed by atoms with Crippen LogP contribution in [0.1, 0.15) is 46.0 Å². The van der Waals surface area contributed by atoms with Gasteiger partial charge < -0.3 is 0 Å². The van der Waals surface area contributed by atoms with Crippen LogP contribution in [-0.2, 0) is 4.79 Å². The van der Waals surface area contributed by atoms with Gasteiger partial charge in [-0.15, -0.1) is 0 Å². The number of carbonyl (C=O) groups excluding carboxylic acids is 1. The second kappa shape index (κ2) is 7.49. The Morgan fingerprint density at radius 2 is 2.00 bits per heavy atom. The molecule has 11 heavy (non-hydrogen) atoms. The summed E-state index contributed by atoms with van der Waals surface area (Å²) in [6, 6.07) is 0.234. The molecule has 0 spiro atoms. The Morgan fingerprint density at radius 3 is 2.45 bits per heavy atom. The van der Waals surface area contributed by atoms with E-state index in [0.29, 0.717) is 0 Å². The lowest BCUT2D eigenvalue weighted by Gasteiger charge is -2.06. The molecule has 0 N–H and O–H groups in total. The first kappa shape index (κ1) is 10.4. The highest BCUT2D eigenvalue weighted by Crippen LogP contribution is 2.09. The monoisotopic (exact) mass is 155 g/mol. The van der Waals surface area contributed by atoms with Crippen molar-refractivity contribution in [2.75, 3.05) is 0 Å². The second-order valence-electron chi connectivity index (χ2n) is 2.81. The summed E-state index contributed by atoms with van der Waals surface area (Å²) in [5.74, 6) is 0. The molecular formula is C9H17NO. The molecule has 0 aliphatic heterocycles. The molecule has 1 unspecified atom stereocenters. The Hall–Kier alpha value is -0.620. The van der Waals surface area contributed by atoms with E-state index >= 15 is 0 Å². The molecule has 0 aliphatic rings. The minimum absolute atomic E-state index is 0.234. The van der Waals surface area contributed by atoms with Crippen LogP contribution in [0.3, 0.4) is 0 Å².